The molecule has 129 valence electrons. The van der Waals surface area contributed by atoms with Crippen molar-refractivity contribution in [2.45, 2.75) is 11.8 Å². The lowest BCUT2D eigenvalue weighted by molar-refractivity contribution is 0.246. The number of methoxy groups -OCH3 is 1. The fourth-order valence-electron chi connectivity index (χ4n) is 3.58. The van der Waals surface area contributed by atoms with Crippen molar-refractivity contribution in [2.75, 3.05) is 7.11 Å². The van der Waals surface area contributed by atoms with Crippen LogP contribution in [0.5, 0.6) is 5.75 Å². The van der Waals surface area contributed by atoms with Gasteiger partial charge in [0.1, 0.15) is 11.9 Å². The van der Waals surface area contributed by atoms with E-state index < -0.39 is 11.4 Å². The number of hydrogen-bond acceptors (Lipinski definition) is 3. The van der Waals surface area contributed by atoms with Gasteiger partial charge in [0.05, 0.1) is 12.8 Å². The molecular formula is C21H18N3O2. The van der Waals surface area contributed by atoms with Crippen molar-refractivity contribution < 1.29 is 9.53 Å². The molecule has 1 heterocycles. The van der Waals surface area contributed by atoms with Crippen LogP contribution in [0.25, 0.3) is 6.08 Å². The van der Waals surface area contributed by atoms with Gasteiger partial charge < -0.3 is 10.5 Å². The number of aromatic nitrogens is 2. The molecule has 0 fully saturated rings. The van der Waals surface area contributed by atoms with Gasteiger partial charge in [-0.2, -0.15) is 9.78 Å². The van der Waals surface area contributed by atoms with Crippen LogP contribution in [0.15, 0.2) is 60.7 Å². The van der Waals surface area contributed by atoms with Crippen molar-refractivity contribution >= 4 is 12.1 Å². The topological polar surface area (TPSA) is 70.1 Å². The van der Waals surface area contributed by atoms with Gasteiger partial charge in [0.25, 0.3) is 0 Å². The Labute approximate surface area is 151 Å². The number of nitrogens with two attached hydrogens (primary N) is 1. The lowest BCUT2D eigenvalue weighted by Crippen LogP contribution is -2.33. The van der Waals surface area contributed by atoms with Gasteiger partial charge in [-0.25, -0.2) is 4.79 Å². The third-order valence-electron chi connectivity index (χ3n) is 4.90. The number of rotatable bonds is 3. The Bertz CT molecular complexity index is 992. The molecule has 1 atom stereocenters. The Morgan fingerprint density at radius 3 is 2.69 bits per heavy atom. The van der Waals surface area contributed by atoms with E-state index in [4.69, 9.17) is 10.5 Å². The molecule has 26 heavy (non-hydrogen) atoms. The molecule has 0 spiro atoms. The molecule has 1 radical (unpaired) electrons. The van der Waals surface area contributed by atoms with E-state index in [2.05, 4.69) is 35.6 Å². The van der Waals surface area contributed by atoms with E-state index >= 15 is 0 Å². The Kier molecular flexibility index (Phi) is 3.84. The largest absolute Gasteiger partial charge is 0.497 e. The highest BCUT2D eigenvalue weighted by molar-refractivity contribution is 5.77. The smallest absolute Gasteiger partial charge is 0.339 e. The molecular weight excluding hydrogens is 326 g/mol. The maximum atomic E-state index is 11.8. The summed E-state index contributed by atoms with van der Waals surface area (Å²) in [6.07, 6.45) is 7.52. The predicted octanol–water partition coefficient (Wildman–Crippen LogP) is 3.17. The van der Waals surface area contributed by atoms with E-state index in [1.165, 1.54) is 4.68 Å². The number of allylic oxidation sites excluding steroid dienone is 1. The summed E-state index contributed by atoms with van der Waals surface area (Å²) in [6, 6.07) is 17.6. The van der Waals surface area contributed by atoms with Gasteiger partial charge in [-0.3, -0.25) is 0 Å². The molecule has 0 saturated carbocycles. The maximum absolute atomic E-state index is 11.8. The Morgan fingerprint density at radius 2 is 1.96 bits per heavy atom. The second kappa shape index (κ2) is 6.19. The monoisotopic (exact) mass is 344 g/mol. The number of amides is 1. The minimum atomic E-state index is -0.606. The minimum Gasteiger partial charge on any atom is -0.497 e. The maximum Gasteiger partial charge on any atom is 0.339 e. The molecule has 0 aliphatic heterocycles. The first-order valence-electron chi connectivity index (χ1n) is 8.33. The van der Waals surface area contributed by atoms with Crippen molar-refractivity contribution in [2.24, 2.45) is 5.73 Å². The van der Waals surface area contributed by atoms with Gasteiger partial charge in [0.2, 0.25) is 0 Å². The standard InChI is InChI=1S/C21H18N3O2/c1-26-18-9-5-8-17(12-18)21(16-6-3-2-4-7-16)11-10-15-14-23-24(20(22)25)19(15)13-21/h2-12H,13H2,1H3,(H2,22,25). The summed E-state index contributed by atoms with van der Waals surface area (Å²) in [7, 11) is 1.65. The highest BCUT2D eigenvalue weighted by Gasteiger charge is 2.37. The molecule has 0 bridgehead atoms. The van der Waals surface area contributed by atoms with Gasteiger partial charge in [0, 0.05) is 17.4 Å². The highest BCUT2D eigenvalue weighted by Crippen LogP contribution is 2.42. The molecule has 5 nitrogen and oxygen atoms in total. The summed E-state index contributed by atoms with van der Waals surface area (Å²) in [5.74, 6) is 0.784. The molecule has 1 aromatic heterocycles. The van der Waals surface area contributed by atoms with Crippen molar-refractivity contribution in [3.8, 4) is 5.75 Å². The van der Waals surface area contributed by atoms with E-state index in [1.54, 1.807) is 7.11 Å². The number of carbonyl (C=O) groups is 1. The van der Waals surface area contributed by atoms with Gasteiger partial charge in [-0.15, -0.1) is 0 Å². The lowest BCUT2D eigenvalue weighted by Gasteiger charge is -2.35. The molecule has 0 saturated heterocycles. The highest BCUT2D eigenvalue weighted by atomic mass is 16.5. The molecule has 1 amide bonds. The lowest BCUT2D eigenvalue weighted by atomic mass is 9.68. The first-order chi connectivity index (χ1) is 12.6. The van der Waals surface area contributed by atoms with Crippen LogP contribution in [0, 0.1) is 6.20 Å². The zero-order valence-electron chi connectivity index (χ0n) is 14.3. The van der Waals surface area contributed by atoms with E-state index in [0.29, 0.717) is 6.42 Å². The number of hydrogen-bond donors (Lipinski definition) is 1. The minimum absolute atomic E-state index is 0.454. The summed E-state index contributed by atoms with van der Waals surface area (Å²) in [4.78, 5) is 11.8. The van der Waals surface area contributed by atoms with Crippen LogP contribution < -0.4 is 10.5 Å². The van der Waals surface area contributed by atoms with Crippen LogP contribution in [-0.2, 0) is 11.8 Å². The fourth-order valence-corrected chi connectivity index (χ4v) is 3.58. The van der Waals surface area contributed by atoms with E-state index in [-0.39, 0.29) is 0 Å². The van der Waals surface area contributed by atoms with Crippen LogP contribution in [0.2, 0.25) is 0 Å². The van der Waals surface area contributed by atoms with Crippen molar-refractivity contribution in [1.29, 1.82) is 0 Å². The summed E-state index contributed by atoms with van der Waals surface area (Å²) in [6.45, 7) is 0. The van der Waals surface area contributed by atoms with Crippen LogP contribution in [0.1, 0.15) is 22.4 Å². The molecule has 1 aliphatic rings. The van der Waals surface area contributed by atoms with Crippen molar-refractivity contribution in [3.63, 3.8) is 0 Å². The van der Waals surface area contributed by atoms with Crippen molar-refractivity contribution in [3.05, 3.63) is 89.3 Å². The molecule has 3 aromatic rings. The molecule has 2 aromatic carbocycles. The third-order valence-corrected chi connectivity index (χ3v) is 4.90. The fraction of sp³-hybridized carbons (Fsp3) is 0.143. The van der Waals surface area contributed by atoms with Gasteiger partial charge in [0.15, 0.2) is 0 Å². The second-order valence-electron chi connectivity index (χ2n) is 6.30. The normalized spacial score (nSPS) is 18.3. The number of ether oxygens (including phenoxy) is 1. The Balaban J connectivity index is 1.93. The molecule has 1 unspecified atom stereocenters. The van der Waals surface area contributed by atoms with Crippen LogP contribution in [0.3, 0.4) is 0 Å². The van der Waals surface area contributed by atoms with Crippen LogP contribution in [-0.4, -0.2) is 22.9 Å². The molecule has 5 heteroatoms. The predicted molar refractivity (Wildman–Crippen MR) is 99.0 cm³/mol. The zero-order valence-corrected chi connectivity index (χ0v) is 14.3. The number of benzene rings is 2. The number of nitrogens with zero attached hydrogens (tertiary/aromatic N) is 2. The summed E-state index contributed by atoms with van der Waals surface area (Å²) < 4.78 is 6.65. The van der Waals surface area contributed by atoms with E-state index in [0.717, 1.165) is 28.1 Å². The number of fused-ring (bicyclic) bond motifs is 1. The average Bonchev–Trinajstić information content (AvgIpc) is 3.11. The number of primary amides is 1. The Morgan fingerprint density at radius 1 is 1.19 bits per heavy atom. The number of carbonyl (C=O) groups excluding carboxylic acids is 1. The second-order valence-corrected chi connectivity index (χ2v) is 6.30. The zero-order chi connectivity index (χ0) is 18.1. The first-order valence-corrected chi connectivity index (χ1v) is 8.33. The average molecular weight is 344 g/mol. The van der Waals surface area contributed by atoms with Gasteiger partial charge in [-0.1, -0.05) is 54.6 Å². The molecule has 1 aliphatic carbocycles. The first kappa shape index (κ1) is 16.1. The molecule has 2 N–H and O–H groups in total. The summed E-state index contributed by atoms with van der Waals surface area (Å²) in [5, 5.41) is 4.03. The van der Waals surface area contributed by atoms with E-state index in [1.807, 2.05) is 42.5 Å². The van der Waals surface area contributed by atoms with E-state index in [9.17, 15) is 4.79 Å². The molecule has 4 rings (SSSR count). The quantitative estimate of drug-likeness (QED) is 0.793. The summed E-state index contributed by atoms with van der Waals surface area (Å²) in [5.41, 5.74) is 8.77. The van der Waals surface area contributed by atoms with Gasteiger partial charge in [-0.05, 0) is 23.3 Å². The van der Waals surface area contributed by atoms with Crippen LogP contribution in [0.4, 0.5) is 4.79 Å². The SMILES string of the molecule is COc1cccc(C2(c3ccccc3)C=Cc3[c]nn(C(N)=O)c3C2)c1. The Hall–Kier alpha value is -3.34. The summed E-state index contributed by atoms with van der Waals surface area (Å²) >= 11 is 0. The van der Waals surface area contributed by atoms with Gasteiger partial charge >= 0.3 is 6.03 Å². The third kappa shape index (κ3) is 2.49. The van der Waals surface area contributed by atoms with Crippen molar-refractivity contribution in [1.82, 2.24) is 9.78 Å². The van der Waals surface area contributed by atoms with Crippen LogP contribution >= 0.6 is 0 Å².